The topological polar surface area (TPSA) is 73.3 Å². The van der Waals surface area contributed by atoms with Crippen LogP contribution in [0.4, 0.5) is 11.8 Å². The van der Waals surface area contributed by atoms with Crippen molar-refractivity contribution in [2.75, 3.05) is 42.8 Å². The average Bonchev–Trinajstić information content (AvgIpc) is 2.98. The average molecular weight is 365 g/mol. The van der Waals surface area contributed by atoms with Gasteiger partial charge in [-0.25, -0.2) is 4.98 Å². The first kappa shape index (κ1) is 17.4. The SMILES string of the molecule is CN(CCC1CCOCC1)c1nc2c(c(NC3CCC3)n1)[S+]([O-])CC2. The normalized spacial score (nSPS) is 24.0. The van der Waals surface area contributed by atoms with Gasteiger partial charge in [-0.05, 0) is 55.6 Å². The van der Waals surface area contributed by atoms with Crippen LogP contribution < -0.4 is 10.2 Å². The lowest BCUT2D eigenvalue weighted by Crippen LogP contribution is -2.30. The zero-order valence-corrected chi connectivity index (χ0v) is 15.8. The molecule has 0 radical (unpaired) electrons. The van der Waals surface area contributed by atoms with Gasteiger partial charge in [0.2, 0.25) is 10.8 Å². The van der Waals surface area contributed by atoms with Crippen LogP contribution >= 0.6 is 0 Å². The first-order valence-electron chi connectivity index (χ1n) is 9.55. The summed E-state index contributed by atoms with van der Waals surface area (Å²) < 4.78 is 17.8. The molecule has 0 amide bonds. The molecule has 1 atom stereocenters. The molecule has 0 aromatic carbocycles. The zero-order chi connectivity index (χ0) is 17.2. The molecule has 2 aliphatic heterocycles. The largest absolute Gasteiger partial charge is 0.611 e. The number of fused-ring (bicyclic) bond motifs is 1. The van der Waals surface area contributed by atoms with Crippen molar-refractivity contribution < 1.29 is 9.29 Å². The molecule has 1 unspecified atom stereocenters. The fourth-order valence-corrected chi connectivity index (χ4v) is 5.02. The van der Waals surface area contributed by atoms with Crippen LogP contribution in [-0.2, 0) is 22.3 Å². The van der Waals surface area contributed by atoms with Crippen molar-refractivity contribution in [2.45, 2.75) is 55.9 Å². The van der Waals surface area contributed by atoms with Crippen LogP contribution in [-0.4, -0.2) is 53.1 Å². The van der Waals surface area contributed by atoms with Gasteiger partial charge in [0.15, 0.2) is 5.82 Å². The summed E-state index contributed by atoms with van der Waals surface area (Å²) in [5.41, 5.74) is 0.975. The zero-order valence-electron chi connectivity index (χ0n) is 15.0. The molecule has 3 heterocycles. The van der Waals surface area contributed by atoms with Crippen molar-refractivity contribution in [1.29, 1.82) is 0 Å². The second-order valence-electron chi connectivity index (χ2n) is 7.49. The highest BCUT2D eigenvalue weighted by Crippen LogP contribution is 2.34. The number of ether oxygens (including phenoxy) is 1. The Morgan fingerprint density at radius 1 is 1.24 bits per heavy atom. The molecule has 1 aliphatic carbocycles. The Labute approximate surface area is 152 Å². The van der Waals surface area contributed by atoms with Crippen molar-refractivity contribution in [3.05, 3.63) is 5.69 Å². The Kier molecular flexibility index (Phi) is 5.33. The van der Waals surface area contributed by atoms with E-state index in [0.717, 1.165) is 73.7 Å². The van der Waals surface area contributed by atoms with Crippen molar-refractivity contribution in [2.24, 2.45) is 5.92 Å². The van der Waals surface area contributed by atoms with Crippen molar-refractivity contribution >= 4 is 22.9 Å². The molecule has 138 valence electrons. The Balaban J connectivity index is 1.47. The number of hydrogen-bond acceptors (Lipinski definition) is 6. The molecule has 3 aliphatic rings. The lowest BCUT2D eigenvalue weighted by atomic mass is 9.93. The molecule has 0 spiro atoms. The highest BCUT2D eigenvalue weighted by Gasteiger charge is 2.33. The molecule has 7 heteroatoms. The van der Waals surface area contributed by atoms with E-state index in [1.54, 1.807) is 0 Å². The Bertz CT molecular complexity index is 605. The van der Waals surface area contributed by atoms with Crippen LogP contribution in [0.3, 0.4) is 0 Å². The molecule has 6 nitrogen and oxygen atoms in total. The third-order valence-electron chi connectivity index (χ3n) is 5.68. The number of aromatic nitrogens is 2. The van der Waals surface area contributed by atoms with E-state index >= 15 is 0 Å². The highest BCUT2D eigenvalue weighted by molar-refractivity contribution is 7.91. The standard InChI is InChI=1S/C18H28N4O2S/c1-22(9-5-13-6-10-24-11-7-13)18-20-15-8-12-25(23)16(15)17(21-18)19-14-3-2-4-14/h13-14H,2-12H2,1H3,(H,19,20,21). The van der Waals surface area contributed by atoms with Gasteiger partial charge in [0.1, 0.15) is 11.4 Å². The van der Waals surface area contributed by atoms with Crippen LogP contribution in [0.15, 0.2) is 4.90 Å². The summed E-state index contributed by atoms with van der Waals surface area (Å²) in [4.78, 5) is 12.5. The number of hydrogen-bond donors (Lipinski definition) is 1. The lowest BCUT2D eigenvalue weighted by Gasteiger charge is -2.28. The van der Waals surface area contributed by atoms with Gasteiger partial charge in [-0.2, -0.15) is 4.98 Å². The van der Waals surface area contributed by atoms with Gasteiger partial charge in [-0.15, -0.1) is 0 Å². The molecule has 1 N–H and O–H groups in total. The minimum Gasteiger partial charge on any atom is -0.611 e. The maximum absolute atomic E-state index is 12.4. The molecule has 1 saturated heterocycles. The van der Waals surface area contributed by atoms with E-state index in [9.17, 15) is 4.55 Å². The molecule has 0 bridgehead atoms. The quantitative estimate of drug-likeness (QED) is 0.781. The molecule has 4 rings (SSSR count). The first-order valence-corrected chi connectivity index (χ1v) is 10.9. The minimum absolute atomic E-state index is 0.483. The number of rotatable bonds is 6. The summed E-state index contributed by atoms with van der Waals surface area (Å²) in [5, 5.41) is 3.52. The van der Waals surface area contributed by atoms with Crippen molar-refractivity contribution in [3.8, 4) is 0 Å². The Hall–Kier alpha value is -1.05. The second kappa shape index (κ2) is 7.68. The Morgan fingerprint density at radius 3 is 2.76 bits per heavy atom. The number of anilines is 2. The maximum Gasteiger partial charge on any atom is 0.227 e. The lowest BCUT2D eigenvalue weighted by molar-refractivity contribution is 0.0645. The fourth-order valence-electron chi connectivity index (χ4n) is 3.71. The molecule has 1 saturated carbocycles. The van der Waals surface area contributed by atoms with Crippen LogP contribution in [0.2, 0.25) is 0 Å². The molecule has 25 heavy (non-hydrogen) atoms. The molecular formula is C18H28N4O2S. The molecule has 1 aromatic rings. The van der Waals surface area contributed by atoms with Crippen molar-refractivity contribution in [1.82, 2.24) is 9.97 Å². The van der Waals surface area contributed by atoms with E-state index in [4.69, 9.17) is 14.7 Å². The number of nitrogens with one attached hydrogen (secondary N) is 1. The summed E-state index contributed by atoms with van der Waals surface area (Å²) in [6.45, 7) is 2.74. The third-order valence-corrected chi connectivity index (χ3v) is 7.14. The Morgan fingerprint density at radius 2 is 2.04 bits per heavy atom. The number of nitrogens with zero attached hydrogens (tertiary/aromatic N) is 3. The van der Waals surface area contributed by atoms with E-state index in [1.807, 2.05) is 0 Å². The first-order chi connectivity index (χ1) is 12.2. The van der Waals surface area contributed by atoms with Gasteiger partial charge in [-0.3, -0.25) is 0 Å². The predicted octanol–water partition coefficient (Wildman–Crippen LogP) is 2.36. The van der Waals surface area contributed by atoms with Gasteiger partial charge >= 0.3 is 0 Å². The van der Waals surface area contributed by atoms with Crippen LogP contribution in [0, 0.1) is 5.92 Å². The van der Waals surface area contributed by atoms with Crippen LogP contribution in [0.25, 0.3) is 0 Å². The van der Waals surface area contributed by atoms with Gasteiger partial charge in [0.25, 0.3) is 0 Å². The summed E-state index contributed by atoms with van der Waals surface area (Å²) in [5.74, 6) is 3.01. The van der Waals surface area contributed by atoms with Crippen LogP contribution in [0.5, 0.6) is 0 Å². The van der Waals surface area contributed by atoms with Gasteiger partial charge in [0.05, 0.1) is 0 Å². The maximum atomic E-state index is 12.4. The molecule has 2 fully saturated rings. The summed E-state index contributed by atoms with van der Waals surface area (Å²) in [7, 11) is 2.07. The molecule has 1 aromatic heterocycles. The smallest absolute Gasteiger partial charge is 0.227 e. The van der Waals surface area contributed by atoms with E-state index < -0.39 is 11.2 Å². The van der Waals surface area contributed by atoms with Gasteiger partial charge < -0.3 is 19.5 Å². The van der Waals surface area contributed by atoms with E-state index in [1.165, 1.54) is 19.3 Å². The monoisotopic (exact) mass is 364 g/mol. The van der Waals surface area contributed by atoms with Crippen LogP contribution in [0.1, 0.15) is 44.2 Å². The minimum atomic E-state index is -0.953. The predicted molar refractivity (Wildman–Crippen MR) is 99.7 cm³/mol. The highest BCUT2D eigenvalue weighted by atomic mass is 32.2. The van der Waals surface area contributed by atoms with Gasteiger partial charge in [-0.1, -0.05) is 0 Å². The fraction of sp³-hybridized carbons (Fsp3) is 0.778. The second-order valence-corrected chi connectivity index (χ2v) is 8.99. The summed E-state index contributed by atoms with van der Waals surface area (Å²) in [6, 6.07) is 0.483. The van der Waals surface area contributed by atoms with E-state index in [-0.39, 0.29) is 0 Å². The van der Waals surface area contributed by atoms with Gasteiger partial charge in [0, 0.05) is 39.3 Å². The summed E-state index contributed by atoms with van der Waals surface area (Å²) >= 11 is -0.953. The number of aryl methyl sites for hydroxylation is 1. The third kappa shape index (κ3) is 3.88. The van der Waals surface area contributed by atoms with E-state index in [2.05, 4.69) is 17.3 Å². The van der Waals surface area contributed by atoms with E-state index in [0.29, 0.717) is 11.8 Å². The van der Waals surface area contributed by atoms with Crippen molar-refractivity contribution in [3.63, 3.8) is 0 Å². The summed E-state index contributed by atoms with van der Waals surface area (Å²) in [6.07, 6.45) is 7.90. The molecular weight excluding hydrogens is 336 g/mol.